The number of thiophene rings is 1. The van der Waals surface area contributed by atoms with E-state index in [1.165, 1.54) is 0 Å². The Hall–Kier alpha value is -4.31. The molecule has 2 aromatic heterocycles. The maximum absolute atomic E-state index is 12.5. The van der Waals surface area contributed by atoms with Crippen molar-refractivity contribution in [3.05, 3.63) is 87.3 Å². The molecule has 0 spiro atoms. The lowest BCUT2D eigenvalue weighted by Gasteiger charge is -2.12. The summed E-state index contributed by atoms with van der Waals surface area (Å²) in [5.74, 6) is 0.315. The molecule has 38 heavy (non-hydrogen) atoms. The van der Waals surface area contributed by atoms with Gasteiger partial charge in [0.1, 0.15) is 22.6 Å². The molecular weight excluding hydrogens is 502 g/mol. The smallest absolute Gasteiger partial charge is 0.306 e. The molecule has 5 rings (SSSR count). The first-order valence-electron chi connectivity index (χ1n) is 12.2. The minimum Gasteiger partial charge on any atom is -0.508 e. The second kappa shape index (κ2) is 10.2. The van der Waals surface area contributed by atoms with Crippen molar-refractivity contribution in [2.75, 3.05) is 5.32 Å². The van der Waals surface area contributed by atoms with E-state index in [-0.39, 0.29) is 18.1 Å². The molecule has 2 aromatic carbocycles. The van der Waals surface area contributed by atoms with E-state index in [2.05, 4.69) is 22.4 Å². The average molecular weight is 530 g/mol. The van der Waals surface area contributed by atoms with Gasteiger partial charge in [-0.2, -0.15) is 0 Å². The van der Waals surface area contributed by atoms with Gasteiger partial charge in [-0.3, -0.25) is 19.1 Å². The number of aromatic hydroxyl groups is 1. The van der Waals surface area contributed by atoms with Crippen LogP contribution in [0.25, 0.3) is 5.00 Å². The zero-order valence-electron chi connectivity index (χ0n) is 21.2. The third-order valence-electron chi connectivity index (χ3n) is 6.63. The maximum Gasteiger partial charge on any atom is 0.306 e. The van der Waals surface area contributed by atoms with E-state index < -0.39 is 12.0 Å². The van der Waals surface area contributed by atoms with Gasteiger partial charge in [0, 0.05) is 28.1 Å². The van der Waals surface area contributed by atoms with Gasteiger partial charge in [0.05, 0.1) is 12.1 Å². The Labute approximate surface area is 223 Å². The molecule has 1 amide bonds. The van der Waals surface area contributed by atoms with Gasteiger partial charge in [0.25, 0.3) is 0 Å². The average Bonchev–Trinajstić information content (AvgIpc) is 3.36. The Morgan fingerprint density at radius 1 is 1.03 bits per heavy atom. The number of phenolic OH excluding ortho intramolecular Hbond substituents is 1. The fraction of sp³-hybridized carbons (Fsp3) is 0.250. The lowest BCUT2D eigenvalue weighted by atomic mass is 9.99. The number of hydrogen-bond acceptors (Lipinski definition) is 7. The second-order valence-corrected chi connectivity index (χ2v) is 10.5. The topological polar surface area (TPSA) is 130 Å². The maximum atomic E-state index is 12.5. The summed E-state index contributed by atoms with van der Waals surface area (Å²) >= 11 is 1.61. The molecule has 0 unspecified atom stereocenters. The van der Waals surface area contributed by atoms with Crippen LogP contribution in [-0.2, 0) is 16.0 Å². The van der Waals surface area contributed by atoms with Crippen LogP contribution in [0.5, 0.6) is 5.75 Å². The van der Waals surface area contributed by atoms with E-state index in [1.54, 1.807) is 35.6 Å². The monoisotopic (exact) mass is 529 g/mol. The second-order valence-electron chi connectivity index (χ2n) is 9.29. The van der Waals surface area contributed by atoms with Crippen LogP contribution in [0.2, 0.25) is 0 Å². The number of phenols is 1. The number of carboxylic acids is 1. The first-order chi connectivity index (χ1) is 18.2. The summed E-state index contributed by atoms with van der Waals surface area (Å²) in [7, 11) is 0. The number of anilines is 1. The Morgan fingerprint density at radius 3 is 2.42 bits per heavy atom. The number of carbonyl (C=O) groups is 2. The van der Waals surface area contributed by atoms with E-state index in [1.807, 2.05) is 42.7 Å². The van der Waals surface area contributed by atoms with Crippen molar-refractivity contribution >= 4 is 34.6 Å². The molecule has 0 fully saturated rings. The molecule has 0 saturated heterocycles. The summed E-state index contributed by atoms with van der Waals surface area (Å²) in [5.41, 5.74) is 5.16. The molecule has 9 nitrogen and oxygen atoms in total. The van der Waals surface area contributed by atoms with Crippen LogP contribution in [0.4, 0.5) is 5.69 Å². The summed E-state index contributed by atoms with van der Waals surface area (Å²) in [6.45, 7) is 5.95. The van der Waals surface area contributed by atoms with Crippen molar-refractivity contribution in [1.29, 1.82) is 0 Å². The highest BCUT2D eigenvalue weighted by atomic mass is 32.1. The van der Waals surface area contributed by atoms with Crippen LogP contribution in [-0.4, -0.2) is 42.6 Å². The molecule has 3 heterocycles. The quantitative estimate of drug-likeness (QED) is 0.312. The number of hydrogen-bond donors (Lipinski definition) is 3. The van der Waals surface area contributed by atoms with Gasteiger partial charge in [-0.05, 0) is 62.6 Å². The van der Waals surface area contributed by atoms with Crippen molar-refractivity contribution in [3.63, 3.8) is 0 Å². The first-order valence-corrected chi connectivity index (χ1v) is 13.0. The van der Waals surface area contributed by atoms with Crippen LogP contribution in [0.3, 0.4) is 0 Å². The molecule has 1 aliphatic rings. The fourth-order valence-corrected chi connectivity index (χ4v) is 5.76. The Balaban J connectivity index is 1.43. The lowest BCUT2D eigenvalue weighted by Crippen LogP contribution is -2.13. The molecule has 0 aliphatic carbocycles. The highest BCUT2D eigenvalue weighted by Crippen LogP contribution is 2.39. The van der Waals surface area contributed by atoms with Gasteiger partial charge >= 0.3 is 5.97 Å². The molecule has 0 bridgehead atoms. The number of nitrogens with one attached hydrogen (secondary N) is 1. The molecule has 194 valence electrons. The number of aliphatic imine (C=N–C) groups is 1. The largest absolute Gasteiger partial charge is 0.508 e. The first kappa shape index (κ1) is 25.3. The predicted octanol–water partition coefficient (Wildman–Crippen LogP) is 4.90. The molecular formula is C28H27N5O4S. The van der Waals surface area contributed by atoms with Crippen LogP contribution in [0, 0.1) is 20.8 Å². The molecule has 4 aromatic rings. The Morgan fingerprint density at radius 2 is 1.74 bits per heavy atom. The summed E-state index contributed by atoms with van der Waals surface area (Å²) in [6, 6.07) is 13.6. The number of nitrogens with zero attached hydrogens (tertiary/aromatic N) is 4. The van der Waals surface area contributed by atoms with Gasteiger partial charge in [-0.1, -0.05) is 24.3 Å². The van der Waals surface area contributed by atoms with Gasteiger partial charge in [0.15, 0.2) is 5.82 Å². The van der Waals surface area contributed by atoms with Gasteiger partial charge in [-0.25, -0.2) is 0 Å². The van der Waals surface area contributed by atoms with Crippen molar-refractivity contribution in [2.45, 2.75) is 46.1 Å². The number of benzene rings is 2. The van der Waals surface area contributed by atoms with E-state index in [0.717, 1.165) is 32.1 Å². The molecule has 0 saturated carbocycles. The zero-order valence-corrected chi connectivity index (χ0v) is 22.0. The van der Waals surface area contributed by atoms with Crippen LogP contribution >= 0.6 is 11.3 Å². The number of carbonyl (C=O) groups excluding carboxylic acids is 1. The van der Waals surface area contributed by atoms with Gasteiger partial charge in [0.2, 0.25) is 5.91 Å². The zero-order chi connectivity index (χ0) is 27.0. The van der Waals surface area contributed by atoms with Crippen molar-refractivity contribution < 1.29 is 19.8 Å². The van der Waals surface area contributed by atoms with Gasteiger partial charge in [-0.15, -0.1) is 21.5 Å². The number of carboxylic acid groups (broad SMARTS) is 1. The highest BCUT2D eigenvalue weighted by Gasteiger charge is 2.32. The normalized spacial score (nSPS) is 14.3. The van der Waals surface area contributed by atoms with Crippen LogP contribution in [0.1, 0.15) is 57.7 Å². The molecule has 1 aliphatic heterocycles. The highest BCUT2D eigenvalue weighted by molar-refractivity contribution is 7.15. The van der Waals surface area contributed by atoms with Crippen molar-refractivity contribution in [1.82, 2.24) is 14.8 Å². The minimum absolute atomic E-state index is 0.112. The molecule has 10 heteroatoms. The summed E-state index contributed by atoms with van der Waals surface area (Å²) in [6.07, 6.45) is 0.671. The molecule has 1 atom stereocenters. The number of aryl methyl sites for hydroxylation is 3. The Bertz CT molecular complexity index is 1550. The minimum atomic E-state index is -0.964. The molecule has 3 N–H and O–H groups in total. The number of rotatable bonds is 7. The third kappa shape index (κ3) is 4.95. The summed E-state index contributed by atoms with van der Waals surface area (Å²) < 4.78 is 1.92. The summed E-state index contributed by atoms with van der Waals surface area (Å²) in [5, 5.41) is 31.4. The summed E-state index contributed by atoms with van der Waals surface area (Å²) in [4.78, 5) is 30.3. The van der Waals surface area contributed by atoms with E-state index in [0.29, 0.717) is 35.9 Å². The lowest BCUT2D eigenvalue weighted by molar-refractivity contribution is -0.137. The third-order valence-corrected chi connectivity index (χ3v) is 7.82. The van der Waals surface area contributed by atoms with E-state index in [4.69, 9.17) is 4.99 Å². The van der Waals surface area contributed by atoms with Crippen LogP contribution in [0.15, 0.2) is 53.5 Å². The number of amides is 1. The molecule has 0 radical (unpaired) electrons. The van der Waals surface area contributed by atoms with Crippen molar-refractivity contribution in [3.8, 4) is 10.8 Å². The van der Waals surface area contributed by atoms with Gasteiger partial charge < -0.3 is 15.5 Å². The Kier molecular flexibility index (Phi) is 6.81. The number of aromatic nitrogens is 3. The predicted molar refractivity (Wildman–Crippen MR) is 146 cm³/mol. The van der Waals surface area contributed by atoms with Crippen LogP contribution < -0.4 is 5.32 Å². The van der Waals surface area contributed by atoms with Crippen molar-refractivity contribution in [2.24, 2.45) is 4.99 Å². The van der Waals surface area contributed by atoms with E-state index >= 15 is 0 Å². The SMILES string of the molecule is Cc1sc2c(c1C)C(c1ccc(NC(=O)CCc3ccc(O)cc3)cc1)=N[C@@H](CC(=O)O)c1nnc(C)n1-2. The number of aliphatic carboxylic acids is 1. The van der Waals surface area contributed by atoms with E-state index in [9.17, 15) is 19.8 Å². The number of fused-ring (bicyclic) bond motifs is 3. The fourth-order valence-electron chi connectivity index (χ4n) is 4.55. The standard InChI is InChI=1S/C28H27N5O4S/c1-15-16(2)38-28-25(15)26(30-22(14-24(36)37)27-32-31-17(3)33(27)28)19-7-9-20(10-8-19)29-23(35)13-6-18-4-11-21(34)12-5-18/h4-5,7-12,22,34H,6,13-14H2,1-3H3,(H,29,35)(H,36,37)/t22-/m0/s1.